The van der Waals surface area contributed by atoms with Crippen LogP contribution in [0.3, 0.4) is 0 Å². The third kappa shape index (κ3) is 22.9. The van der Waals surface area contributed by atoms with E-state index in [1.807, 2.05) is 108 Å². The van der Waals surface area contributed by atoms with Crippen LogP contribution in [0, 0.1) is 194 Å². The number of nitrogens with zero attached hydrogens (tertiary/aromatic N) is 7. The minimum absolute atomic E-state index is 0.0973. The van der Waals surface area contributed by atoms with Gasteiger partial charge in [-0.25, -0.2) is 0 Å². The number of hydrogen-bond acceptors (Lipinski definition) is 0. The molecule has 0 amide bonds. The molecule has 7 heterocycles. The van der Waals surface area contributed by atoms with Gasteiger partial charge in [-0.2, -0.15) is 32.0 Å². The molecule has 0 saturated carbocycles. The average molecular weight is 1600 g/mol. The Morgan fingerprint density at radius 3 is 0.849 bits per heavy atom. The molecule has 0 spiro atoms. The van der Waals surface area contributed by atoms with Crippen LogP contribution in [0.2, 0.25) is 0 Å². The largest absolute Gasteiger partial charge is 0.215 e. The van der Waals surface area contributed by atoms with Gasteiger partial charge in [-0.3, -0.25) is 0 Å². The average Bonchev–Trinajstić information content (AvgIpc) is 0.746. The Morgan fingerprint density at radius 1 is 0.176 bits per heavy atom. The van der Waals surface area contributed by atoms with E-state index in [9.17, 15) is 0 Å². The number of aryl methyl sites for hydroxylation is 26. The molecule has 7 aromatic heterocycles. The Balaban J connectivity index is 0.000000193. The summed E-state index contributed by atoms with van der Waals surface area (Å²) in [4.78, 5) is 0. The lowest BCUT2D eigenvalue weighted by Gasteiger charge is -2.10. The van der Waals surface area contributed by atoms with Crippen molar-refractivity contribution in [3.8, 4) is 78.8 Å². The fourth-order valence-electron chi connectivity index (χ4n) is 15.5. The lowest BCUT2D eigenvalue weighted by Crippen LogP contribution is -2.36. The summed E-state index contributed by atoms with van der Waals surface area (Å²) in [6.07, 6.45) is 0. The van der Waals surface area contributed by atoms with Crippen molar-refractivity contribution in [1.82, 2.24) is 0 Å². The van der Waals surface area contributed by atoms with Crippen molar-refractivity contribution in [2.45, 2.75) is 194 Å². The molecule has 7 heteroatoms. The van der Waals surface area contributed by atoms with Gasteiger partial charge in [0.25, 0.3) is 0 Å². The zero-order valence-corrected chi connectivity index (χ0v) is 76.8. The molecule has 7 aromatic carbocycles. The lowest BCUT2D eigenvalue weighted by atomic mass is 9.98. The Labute approximate surface area is 739 Å². The first kappa shape index (κ1) is 72.8. The summed E-state index contributed by atoms with van der Waals surface area (Å²) >= 11 is 0. The number of hydrogen-bond donors (Lipinski definition) is 0. The fourth-order valence-corrected chi connectivity index (χ4v) is 15.5. The van der Waals surface area contributed by atoms with E-state index in [1.165, 1.54) is 124 Å². The minimum atomic E-state index is -2.52. The van der Waals surface area contributed by atoms with Crippen molar-refractivity contribution < 1.29 is 52.5 Å². The van der Waals surface area contributed by atoms with Gasteiger partial charge in [-0.05, 0) is 264 Å². The molecule has 0 N–H and O–H groups in total. The van der Waals surface area contributed by atoms with Gasteiger partial charge in [-0.15, -0.1) is 0 Å². The summed E-state index contributed by atoms with van der Waals surface area (Å²) in [6, 6.07) is 70.8. The van der Waals surface area contributed by atoms with Crippen LogP contribution in [-0.2, 0) is 49.3 Å². The second-order valence-electron chi connectivity index (χ2n) is 32.8. The smallest absolute Gasteiger partial charge is 0.199 e. The number of aromatic nitrogens is 7. The van der Waals surface area contributed by atoms with Gasteiger partial charge in [-0.1, -0.05) is 126 Å². The molecule has 0 atom stereocenters. The SMILES string of the molecule is Cc1cc(C)[n+](C)c(-c2c(C)cccc2C)c1.Cc1ccc(C)c(-c2cc(C)cc(C)[n+]2C)c1.Cc1ccccc1-c1c(C)c(C)cc(C)[n+]1C.[2H]C([2H])([2H])c1cc(C)[n+](C)c(-c2c(C)cccc2C)c1.[2H]C([2H])([2H])c1cc(C)[n+](C)c(-c2cc(C)ccc2C)c1.[2H]C([2H])([2H])c1cc(C)[n+](C)c(-c2ccccc2C)c1C([2H])([2H])[2H].[2H]C([2H])([2H])c1ccc(-c2cc(C)cc(C)[n+]2C)c(C)c1. The van der Waals surface area contributed by atoms with Crippen LogP contribution in [0.4, 0.5) is 0 Å². The summed E-state index contributed by atoms with van der Waals surface area (Å²) in [6.45, 7) is 36.7. The molecule has 616 valence electrons. The first-order valence-electron chi connectivity index (χ1n) is 48.5. The maximum absolute atomic E-state index is 7.89. The number of benzene rings is 7. The van der Waals surface area contributed by atoms with Crippen molar-refractivity contribution in [2.24, 2.45) is 49.3 Å². The highest BCUT2D eigenvalue weighted by Crippen LogP contribution is 2.32. The molecule has 119 heavy (non-hydrogen) atoms. The number of rotatable bonds is 7. The molecule has 0 unspecified atom stereocenters. The molecule has 0 saturated heterocycles. The summed E-state index contributed by atoms with van der Waals surface area (Å²) in [7, 11) is 14.1. The van der Waals surface area contributed by atoms with Crippen LogP contribution >= 0.6 is 0 Å². The van der Waals surface area contributed by atoms with Gasteiger partial charge in [0, 0.05) is 181 Å². The predicted octanol–water partition coefficient (Wildman–Crippen LogP) is 23.9. The summed E-state index contributed by atoms with van der Waals surface area (Å²) in [5, 5.41) is 0. The molecule has 0 aliphatic heterocycles. The van der Waals surface area contributed by atoms with Crippen LogP contribution in [0.15, 0.2) is 212 Å². The second-order valence-corrected chi connectivity index (χ2v) is 32.8. The van der Waals surface area contributed by atoms with E-state index >= 15 is 0 Å². The molecule has 14 rings (SSSR count). The predicted molar refractivity (Wildman–Crippen MR) is 504 cm³/mol. The summed E-state index contributed by atoms with van der Waals surface area (Å²) in [5.74, 6) is 0. The highest BCUT2D eigenvalue weighted by atomic mass is 15.0. The van der Waals surface area contributed by atoms with E-state index in [2.05, 4.69) is 284 Å². The molecule has 7 nitrogen and oxygen atoms in total. The van der Waals surface area contributed by atoms with Gasteiger partial charge in [0.1, 0.15) is 49.3 Å². The van der Waals surface area contributed by atoms with E-state index < -0.39 is 34.3 Å². The third-order valence-corrected chi connectivity index (χ3v) is 23.2. The van der Waals surface area contributed by atoms with Crippen LogP contribution in [0.5, 0.6) is 0 Å². The maximum Gasteiger partial charge on any atom is 0.215 e. The van der Waals surface area contributed by atoms with E-state index in [0.717, 1.165) is 78.5 Å². The normalized spacial score (nSPS) is 13.0. The zero-order valence-electron chi connectivity index (χ0n) is 91.8. The highest BCUT2D eigenvalue weighted by Gasteiger charge is 2.25. The van der Waals surface area contributed by atoms with Crippen molar-refractivity contribution in [2.75, 3.05) is 0 Å². The first-order chi connectivity index (χ1) is 62.1. The molecule has 0 aliphatic rings. The molecule has 0 aliphatic carbocycles. The standard InChI is InChI=1S/7C16H20N/c2*1-11-6-7-13(3)15(9-11)16-10-12(2)8-14(4)17(16)5;1-11-6-7-15(13(3)8-11)16-10-12(2)9-14(4)17(16)5;2*1-11-9-14(4)17(5)15(10-11)16-12(2)7-6-8-13(16)3;2*1-11-8-6-7-9-15(11)16-14(4)12(2)10-13(3)17(16)5/h7*6-10H,1-5H3/q7*+1/i2D3;;2*1D3;;2D3,4D3;. The van der Waals surface area contributed by atoms with Gasteiger partial charge in [0.2, 0.25) is 39.9 Å². The monoisotopic (exact) mass is 1600 g/mol. The maximum atomic E-state index is 7.89. The van der Waals surface area contributed by atoms with Crippen LogP contribution < -0.4 is 32.0 Å². The van der Waals surface area contributed by atoms with Crippen molar-refractivity contribution in [3.05, 3.63) is 369 Å². The van der Waals surface area contributed by atoms with Crippen LogP contribution in [0.1, 0.15) is 177 Å². The van der Waals surface area contributed by atoms with Gasteiger partial charge in [0.05, 0.1) is 11.1 Å². The van der Waals surface area contributed by atoms with Gasteiger partial charge in [0.15, 0.2) is 39.9 Å². The van der Waals surface area contributed by atoms with E-state index in [1.54, 1.807) is 54.9 Å². The summed E-state index contributed by atoms with van der Waals surface area (Å²) < 4.78 is 130. The highest BCUT2D eigenvalue weighted by molar-refractivity contribution is 5.70. The van der Waals surface area contributed by atoms with Gasteiger partial charge < -0.3 is 0 Å². The fraction of sp³-hybridized carbons (Fsp3) is 0.312. The Kier molecular flexibility index (Phi) is 25.0. The second kappa shape index (κ2) is 40.8. The van der Waals surface area contributed by atoms with E-state index in [4.69, 9.17) is 20.6 Å². The molecule has 0 bridgehead atoms. The molecule has 0 fully saturated rings. The molecular formula is C112H140N7+7. The van der Waals surface area contributed by atoms with Gasteiger partial charge >= 0.3 is 0 Å². The van der Waals surface area contributed by atoms with Crippen LogP contribution in [-0.4, -0.2) is 0 Å². The topological polar surface area (TPSA) is 27.2 Å². The first-order valence-corrected chi connectivity index (χ1v) is 41.0. The van der Waals surface area contributed by atoms with Crippen LogP contribution in [0.25, 0.3) is 78.8 Å². The van der Waals surface area contributed by atoms with E-state index in [0.29, 0.717) is 28.1 Å². The van der Waals surface area contributed by atoms with Crippen molar-refractivity contribution >= 4 is 0 Å². The zero-order chi connectivity index (χ0) is 101. The molecule has 14 aromatic rings. The molecular weight excluding hydrogens is 1440 g/mol. The Bertz CT molecular complexity index is 6590. The lowest BCUT2D eigenvalue weighted by molar-refractivity contribution is -0.667. The van der Waals surface area contributed by atoms with Crippen molar-refractivity contribution in [1.29, 1.82) is 0 Å². The third-order valence-electron chi connectivity index (χ3n) is 23.2. The van der Waals surface area contributed by atoms with Crippen molar-refractivity contribution in [3.63, 3.8) is 0 Å². The number of pyridine rings is 7. The Morgan fingerprint density at radius 2 is 0.479 bits per heavy atom. The minimum Gasteiger partial charge on any atom is -0.199 e. The summed E-state index contributed by atoms with van der Waals surface area (Å²) in [5.41, 5.74) is 43.8. The quantitative estimate of drug-likeness (QED) is 0.142. The Hall–Kier alpha value is -11.4. The molecule has 0 radical (unpaired) electrons. The van der Waals surface area contributed by atoms with E-state index in [-0.39, 0.29) is 11.1 Å².